The van der Waals surface area contributed by atoms with Gasteiger partial charge in [-0.1, -0.05) is 29.6 Å². The zero-order valence-corrected chi connectivity index (χ0v) is 19.1. The second kappa shape index (κ2) is 10.4. The largest absolute Gasteiger partial charge is 0.348 e. The lowest BCUT2D eigenvalue weighted by molar-refractivity contribution is 0.0910. The van der Waals surface area contributed by atoms with Crippen molar-refractivity contribution in [3.05, 3.63) is 41.8 Å². The van der Waals surface area contributed by atoms with E-state index in [1.165, 1.54) is 18.4 Å². The van der Waals surface area contributed by atoms with Crippen molar-refractivity contribution in [2.45, 2.75) is 62.7 Å². The Labute approximate surface area is 189 Å². The minimum atomic E-state index is -3.51. The first-order valence-electron chi connectivity index (χ1n) is 11.4. The maximum absolute atomic E-state index is 12.9. The van der Waals surface area contributed by atoms with E-state index < -0.39 is 15.9 Å². The predicted octanol–water partition coefficient (Wildman–Crippen LogP) is 3.92. The first kappa shape index (κ1) is 22.7. The highest BCUT2D eigenvalue weighted by molar-refractivity contribution is 7.89. The summed E-state index contributed by atoms with van der Waals surface area (Å²) in [5.41, 5.74) is 1.98. The molecule has 0 spiro atoms. The van der Waals surface area contributed by atoms with Crippen molar-refractivity contribution in [3.8, 4) is 11.4 Å². The smallest absolute Gasteiger partial charge is 0.316 e. The highest BCUT2D eigenvalue weighted by atomic mass is 32.2. The third-order valence-electron chi connectivity index (χ3n) is 6.05. The molecule has 1 fully saturated rings. The van der Waals surface area contributed by atoms with Crippen LogP contribution in [0.4, 0.5) is 0 Å². The molecule has 2 aromatic rings. The number of carbonyl (C=O) groups excluding carboxylic acids is 1. The second-order valence-electron chi connectivity index (χ2n) is 8.38. The van der Waals surface area contributed by atoms with Gasteiger partial charge >= 0.3 is 11.8 Å². The fourth-order valence-electron chi connectivity index (χ4n) is 4.18. The maximum Gasteiger partial charge on any atom is 0.316 e. The van der Waals surface area contributed by atoms with Gasteiger partial charge in [0.25, 0.3) is 0 Å². The molecule has 1 aromatic heterocycles. The van der Waals surface area contributed by atoms with Crippen LogP contribution in [-0.2, 0) is 10.0 Å². The van der Waals surface area contributed by atoms with Crippen molar-refractivity contribution in [2.24, 2.45) is 0 Å². The number of sulfonamides is 1. The van der Waals surface area contributed by atoms with E-state index in [1.807, 2.05) is 0 Å². The van der Waals surface area contributed by atoms with Crippen LogP contribution in [0.25, 0.3) is 11.4 Å². The van der Waals surface area contributed by atoms with Crippen LogP contribution < -0.4 is 5.32 Å². The van der Waals surface area contributed by atoms with Gasteiger partial charge in [0, 0.05) is 25.2 Å². The Bertz CT molecular complexity index is 1050. The van der Waals surface area contributed by atoms with Crippen molar-refractivity contribution >= 4 is 15.9 Å². The molecule has 0 unspecified atom stereocenters. The Morgan fingerprint density at radius 3 is 2.47 bits per heavy atom. The van der Waals surface area contributed by atoms with Crippen molar-refractivity contribution in [1.82, 2.24) is 19.8 Å². The molecular formula is C23H30N4O4S. The van der Waals surface area contributed by atoms with Crippen LogP contribution in [-0.4, -0.2) is 48.4 Å². The molecule has 172 valence electrons. The highest BCUT2D eigenvalue weighted by Gasteiger charge is 2.25. The molecule has 1 aromatic carbocycles. The summed E-state index contributed by atoms with van der Waals surface area (Å²) in [6.45, 7) is 1.65. The van der Waals surface area contributed by atoms with E-state index in [-0.39, 0.29) is 16.6 Å². The molecule has 32 heavy (non-hydrogen) atoms. The molecule has 1 amide bonds. The van der Waals surface area contributed by atoms with Gasteiger partial charge in [-0.15, -0.1) is 0 Å². The number of rotatable bonds is 7. The van der Waals surface area contributed by atoms with Gasteiger partial charge in [-0.2, -0.15) is 9.29 Å². The fourth-order valence-corrected chi connectivity index (χ4v) is 5.70. The monoisotopic (exact) mass is 458 g/mol. The lowest BCUT2D eigenvalue weighted by atomic mass is 9.97. The summed E-state index contributed by atoms with van der Waals surface area (Å²) >= 11 is 0. The number of amides is 1. The molecule has 4 rings (SSSR count). The van der Waals surface area contributed by atoms with Crippen LogP contribution in [0.5, 0.6) is 0 Å². The first-order valence-corrected chi connectivity index (χ1v) is 12.9. The van der Waals surface area contributed by atoms with Crippen LogP contribution in [0.3, 0.4) is 0 Å². The average molecular weight is 459 g/mol. The zero-order chi connectivity index (χ0) is 22.4. The normalized spacial score (nSPS) is 18.1. The van der Waals surface area contributed by atoms with E-state index in [0.717, 1.165) is 44.9 Å². The molecule has 1 aliphatic heterocycles. The summed E-state index contributed by atoms with van der Waals surface area (Å²) in [6.07, 6.45) is 11.7. The molecule has 8 nitrogen and oxygen atoms in total. The zero-order valence-electron chi connectivity index (χ0n) is 18.3. The number of hydrogen-bond donors (Lipinski definition) is 1. The minimum Gasteiger partial charge on any atom is -0.348 e. The average Bonchev–Trinajstić information content (AvgIpc) is 3.14. The first-order chi connectivity index (χ1) is 15.5. The van der Waals surface area contributed by atoms with Gasteiger partial charge in [-0.05, 0) is 69.2 Å². The molecule has 0 bridgehead atoms. The number of hydrogen-bond acceptors (Lipinski definition) is 6. The van der Waals surface area contributed by atoms with Gasteiger partial charge in [0.15, 0.2) is 0 Å². The Morgan fingerprint density at radius 1 is 1.03 bits per heavy atom. The highest BCUT2D eigenvalue weighted by Crippen LogP contribution is 2.23. The SMILES string of the molecule is O=C(NCCC1=CCCCC1)c1nc(-c2ccc(S(=O)(=O)N3CCCCCC3)cc2)no1. The standard InChI is InChI=1S/C23H30N4O4S/c28-22(24-15-14-18-8-4-3-5-9-18)23-25-21(26-31-23)19-10-12-20(13-11-19)32(29,30)27-16-6-1-2-7-17-27/h8,10-13H,1-7,9,14-17H2,(H,24,28). The number of benzene rings is 1. The van der Waals surface area contributed by atoms with Crippen molar-refractivity contribution < 1.29 is 17.7 Å². The molecule has 0 saturated carbocycles. The molecule has 1 saturated heterocycles. The van der Waals surface area contributed by atoms with Gasteiger partial charge in [0.1, 0.15) is 0 Å². The summed E-state index contributed by atoms with van der Waals surface area (Å²) in [5, 5.41) is 6.70. The van der Waals surface area contributed by atoms with Gasteiger partial charge in [-0.3, -0.25) is 4.79 Å². The van der Waals surface area contributed by atoms with Crippen molar-refractivity contribution in [1.29, 1.82) is 0 Å². The Kier molecular flexibility index (Phi) is 7.36. The van der Waals surface area contributed by atoms with Crippen LogP contribution in [0.2, 0.25) is 0 Å². The summed E-state index contributed by atoms with van der Waals surface area (Å²) in [5.74, 6) is -0.247. The molecule has 2 heterocycles. The van der Waals surface area contributed by atoms with Gasteiger partial charge < -0.3 is 9.84 Å². The second-order valence-corrected chi connectivity index (χ2v) is 10.3. The van der Waals surface area contributed by atoms with E-state index in [4.69, 9.17) is 4.52 Å². The third-order valence-corrected chi connectivity index (χ3v) is 7.97. The third kappa shape index (κ3) is 5.45. The summed E-state index contributed by atoms with van der Waals surface area (Å²) in [7, 11) is -3.51. The van der Waals surface area contributed by atoms with E-state index >= 15 is 0 Å². The van der Waals surface area contributed by atoms with Crippen LogP contribution in [0, 0.1) is 0 Å². The number of nitrogens with one attached hydrogen (secondary N) is 1. The summed E-state index contributed by atoms with van der Waals surface area (Å²) in [6, 6.07) is 6.41. The van der Waals surface area contributed by atoms with E-state index in [0.29, 0.717) is 25.2 Å². The predicted molar refractivity (Wildman–Crippen MR) is 120 cm³/mol. The number of aromatic nitrogens is 2. The van der Waals surface area contributed by atoms with E-state index in [2.05, 4.69) is 21.5 Å². The fraction of sp³-hybridized carbons (Fsp3) is 0.522. The van der Waals surface area contributed by atoms with Gasteiger partial charge in [0.2, 0.25) is 15.8 Å². The molecule has 2 aliphatic rings. The lowest BCUT2D eigenvalue weighted by Crippen LogP contribution is -2.31. The minimum absolute atomic E-state index is 0.0983. The summed E-state index contributed by atoms with van der Waals surface area (Å²) < 4.78 is 32.5. The van der Waals surface area contributed by atoms with Crippen molar-refractivity contribution in [2.75, 3.05) is 19.6 Å². The Morgan fingerprint density at radius 2 is 1.78 bits per heavy atom. The van der Waals surface area contributed by atoms with Crippen LogP contribution in [0.1, 0.15) is 68.5 Å². The molecule has 0 atom stereocenters. The lowest BCUT2D eigenvalue weighted by Gasteiger charge is -2.19. The van der Waals surface area contributed by atoms with E-state index in [1.54, 1.807) is 28.6 Å². The van der Waals surface area contributed by atoms with Gasteiger partial charge in [-0.25, -0.2) is 8.42 Å². The molecule has 1 N–H and O–H groups in total. The molecule has 1 aliphatic carbocycles. The molecule has 9 heteroatoms. The summed E-state index contributed by atoms with van der Waals surface area (Å²) in [4.78, 5) is 16.7. The Hall–Kier alpha value is -2.52. The molecular weight excluding hydrogens is 428 g/mol. The topological polar surface area (TPSA) is 105 Å². The van der Waals surface area contributed by atoms with Crippen LogP contribution >= 0.6 is 0 Å². The quantitative estimate of drug-likeness (QED) is 0.631. The van der Waals surface area contributed by atoms with Crippen molar-refractivity contribution in [3.63, 3.8) is 0 Å². The number of allylic oxidation sites excluding steroid dienone is 1. The van der Waals surface area contributed by atoms with E-state index in [9.17, 15) is 13.2 Å². The number of carbonyl (C=O) groups is 1. The maximum atomic E-state index is 12.9. The Balaban J connectivity index is 1.37. The van der Waals surface area contributed by atoms with Crippen LogP contribution in [0.15, 0.2) is 45.3 Å². The number of nitrogens with zero attached hydrogens (tertiary/aromatic N) is 3. The van der Waals surface area contributed by atoms with Gasteiger partial charge in [0.05, 0.1) is 4.90 Å². The molecule has 0 radical (unpaired) electrons.